The Balaban J connectivity index is 1.09. The third kappa shape index (κ3) is 4.03. The summed E-state index contributed by atoms with van der Waals surface area (Å²) in [6.07, 6.45) is 6.72. The van der Waals surface area contributed by atoms with Gasteiger partial charge in [0, 0.05) is 47.7 Å². The molecule has 1 aliphatic carbocycles. The van der Waals surface area contributed by atoms with Gasteiger partial charge >= 0.3 is 0 Å². The molecule has 3 heterocycles. The summed E-state index contributed by atoms with van der Waals surface area (Å²) in [5, 5.41) is 4.93. The van der Waals surface area contributed by atoms with Crippen molar-refractivity contribution in [3.05, 3.63) is 71.7 Å². The molecule has 1 saturated carbocycles. The van der Waals surface area contributed by atoms with E-state index in [1.165, 1.54) is 4.31 Å². The van der Waals surface area contributed by atoms with Gasteiger partial charge in [0.1, 0.15) is 5.82 Å². The molecule has 1 saturated heterocycles. The number of hydrogen-bond donors (Lipinski definition) is 1. The van der Waals surface area contributed by atoms with Crippen molar-refractivity contribution in [3.8, 4) is 11.3 Å². The quantitative estimate of drug-likeness (QED) is 0.386. The van der Waals surface area contributed by atoms with Crippen molar-refractivity contribution in [1.29, 1.82) is 0 Å². The molecule has 2 aromatic heterocycles. The molecule has 0 unspecified atom stereocenters. The molecule has 36 heavy (non-hydrogen) atoms. The number of nitrogens with zero attached hydrogens (tertiary/aromatic N) is 4. The number of imidazole rings is 1. The molecule has 8 nitrogen and oxygen atoms in total. The van der Waals surface area contributed by atoms with E-state index >= 15 is 0 Å². The van der Waals surface area contributed by atoms with Crippen molar-refractivity contribution in [1.82, 2.24) is 18.8 Å². The number of sulfonamides is 1. The van der Waals surface area contributed by atoms with Gasteiger partial charge in [-0.25, -0.2) is 18.4 Å². The fraction of sp³-hybridized carbons (Fsp3) is 0.269. The minimum atomic E-state index is -3.50. The standard InChI is InChI=1S/C26H24BrN5O3S/c1-31-16-28-13-23(31)17-2-3-18-12-29-24(9-19(18)8-17)30-25(33)20-10-26(11-20)14-32(15-26)36(34,35)22-6-4-21(27)5-7-22/h2-9,12-13,16,20H,10-11,14-15H2,1H3,(H,29,30,33). The highest BCUT2D eigenvalue weighted by Gasteiger charge is 2.57. The number of halogens is 1. The fourth-order valence-corrected chi connectivity index (χ4v) is 7.22. The zero-order valence-corrected chi connectivity index (χ0v) is 22.0. The molecule has 10 heteroatoms. The number of amides is 1. The van der Waals surface area contributed by atoms with Gasteiger partial charge in [-0.1, -0.05) is 28.1 Å². The minimum absolute atomic E-state index is 0.0653. The number of aryl methyl sites for hydroxylation is 1. The molecule has 2 aliphatic rings. The largest absolute Gasteiger partial charge is 0.334 e. The van der Waals surface area contributed by atoms with Crippen LogP contribution in [-0.2, 0) is 21.9 Å². The first kappa shape index (κ1) is 23.3. The highest BCUT2D eigenvalue weighted by molar-refractivity contribution is 9.10. The van der Waals surface area contributed by atoms with Gasteiger partial charge in [0.25, 0.3) is 0 Å². The van der Waals surface area contributed by atoms with Crippen LogP contribution in [0.2, 0.25) is 0 Å². The monoisotopic (exact) mass is 565 g/mol. The number of carbonyl (C=O) groups excluding carboxylic acids is 1. The second-order valence-corrected chi connectivity index (χ2v) is 12.7. The molecule has 6 rings (SSSR count). The van der Waals surface area contributed by atoms with Crippen LogP contribution in [-0.4, -0.2) is 46.3 Å². The highest BCUT2D eigenvalue weighted by atomic mass is 79.9. The zero-order chi connectivity index (χ0) is 25.1. The van der Waals surface area contributed by atoms with Gasteiger partial charge in [-0.3, -0.25) is 4.79 Å². The summed E-state index contributed by atoms with van der Waals surface area (Å²) in [5.41, 5.74) is 1.95. The summed E-state index contributed by atoms with van der Waals surface area (Å²) >= 11 is 3.33. The van der Waals surface area contributed by atoms with Crippen molar-refractivity contribution in [2.75, 3.05) is 18.4 Å². The molecule has 0 bridgehead atoms. The lowest BCUT2D eigenvalue weighted by atomic mass is 9.58. The average Bonchev–Trinajstić information content (AvgIpc) is 3.22. The van der Waals surface area contributed by atoms with Crippen LogP contribution in [0.1, 0.15) is 12.8 Å². The number of rotatable bonds is 5. The Labute approximate surface area is 217 Å². The number of hydrogen-bond acceptors (Lipinski definition) is 5. The number of nitrogens with one attached hydrogen (secondary N) is 1. The van der Waals surface area contributed by atoms with Crippen LogP contribution in [0.25, 0.3) is 22.0 Å². The second kappa shape index (κ2) is 8.50. The minimum Gasteiger partial charge on any atom is -0.334 e. The van der Waals surface area contributed by atoms with E-state index in [1.807, 2.05) is 36.0 Å². The van der Waals surface area contributed by atoms with E-state index in [4.69, 9.17) is 0 Å². The van der Waals surface area contributed by atoms with Crippen LogP contribution < -0.4 is 5.32 Å². The molecule has 1 amide bonds. The van der Waals surface area contributed by atoms with E-state index in [9.17, 15) is 13.2 Å². The van der Waals surface area contributed by atoms with E-state index in [0.717, 1.165) is 26.5 Å². The van der Waals surface area contributed by atoms with Gasteiger partial charge in [0.2, 0.25) is 15.9 Å². The van der Waals surface area contributed by atoms with Crippen molar-refractivity contribution in [2.45, 2.75) is 17.7 Å². The third-order valence-electron chi connectivity index (χ3n) is 7.29. The van der Waals surface area contributed by atoms with Gasteiger partial charge in [-0.05, 0) is 60.0 Å². The van der Waals surface area contributed by atoms with E-state index in [2.05, 4.69) is 37.3 Å². The first-order valence-corrected chi connectivity index (χ1v) is 13.9. The summed E-state index contributed by atoms with van der Waals surface area (Å²) in [6, 6.07) is 14.7. The summed E-state index contributed by atoms with van der Waals surface area (Å²) < 4.78 is 30.0. The number of carbonyl (C=O) groups is 1. The number of pyridine rings is 1. The van der Waals surface area contributed by atoms with Crippen LogP contribution in [0.15, 0.2) is 76.6 Å². The molecular weight excluding hydrogens is 542 g/mol. The summed E-state index contributed by atoms with van der Waals surface area (Å²) in [5.74, 6) is 0.314. The first-order chi connectivity index (χ1) is 17.2. The van der Waals surface area contributed by atoms with Crippen molar-refractivity contribution in [2.24, 2.45) is 18.4 Å². The van der Waals surface area contributed by atoms with Gasteiger partial charge in [-0.2, -0.15) is 4.31 Å². The van der Waals surface area contributed by atoms with E-state index < -0.39 is 10.0 Å². The van der Waals surface area contributed by atoms with Crippen LogP contribution >= 0.6 is 15.9 Å². The first-order valence-electron chi connectivity index (χ1n) is 11.7. The Morgan fingerprint density at radius 2 is 1.81 bits per heavy atom. The topological polar surface area (TPSA) is 97.2 Å². The zero-order valence-electron chi connectivity index (χ0n) is 19.6. The SMILES string of the molecule is Cn1cncc1-c1ccc2cnc(NC(=O)C3CC4(C3)CN(S(=O)(=O)c3ccc(Br)cc3)C4)cc2c1. The van der Waals surface area contributed by atoms with Gasteiger partial charge in [0.15, 0.2) is 0 Å². The van der Waals surface area contributed by atoms with Gasteiger partial charge < -0.3 is 9.88 Å². The second-order valence-electron chi connectivity index (χ2n) is 9.84. The molecule has 0 atom stereocenters. The molecule has 2 aromatic carbocycles. The molecule has 4 aromatic rings. The molecule has 184 valence electrons. The Morgan fingerprint density at radius 3 is 2.50 bits per heavy atom. The van der Waals surface area contributed by atoms with Crippen molar-refractivity contribution < 1.29 is 13.2 Å². The van der Waals surface area contributed by atoms with Crippen LogP contribution in [0, 0.1) is 11.3 Å². The number of fused-ring (bicyclic) bond motifs is 1. The van der Waals surface area contributed by atoms with Crippen LogP contribution in [0.3, 0.4) is 0 Å². The van der Waals surface area contributed by atoms with E-state index in [-0.39, 0.29) is 17.2 Å². The van der Waals surface area contributed by atoms with Crippen LogP contribution in [0.5, 0.6) is 0 Å². The van der Waals surface area contributed by atoms with E-state index in [1.54, 1.807) is 36.8 Å². The summed E-state index contributed by atoms with van der Waals surface area (Å²) in [6.45, 7) is 0.917. The maximum Gasteiger partial charge on any atom is 0.243 e. The maximum atomic E-state index is 12.9. The number of benzene rings is 2. The molecule has 1 aliphatic heterocycles. The Hall–Kier alpha value is -3.08. The molecule has 0 radical (unpaired) electrons. The van der Waals surface area contributed by atoms with Gasteiger partial charge in [0.05, 0.1) is 23.1 Å². The maximum absolute atomic E-state index is 12.9. The lowest BCUT2D eigenvalue weighted by molar-refractivity contribution is -0.133. The third-order valence-corrected chi connectivity index (χ3v) is 9.62. The predicted molar refractivity (Wildman–Crippen MR) is 141 cm³/mol. The average molecular weight is 566 g/mol. The lowest BCUT2D eigenvalue weighted by Crippen LogP contribution is -2.64. The summed E-state index contributed by atoms with van der Waals surface area (Å²) in [7, 11) is -1.55. The highest BCUT2D eigenvalue weighted by Crippen LogP contribution is 2.53. The molecule has 2 fully saturated rings. The number of anilines is 1. The molecular formula is C26H24BrN5O3S. The molecule has 1 N–H and O–H groups in total. The Morgan fingerprint density at radius 1 is 1.06 bits per heavy atom. The Bertz CT molecular complexity index is 1590. The smallest absolute Gasteiger partial charge is 0.243 e. The Kier molecular flexibility index (Phi) is 5.51. The van der Waals surface area contributed by atoms with E-state index in [0.29, 0.717) is 36.6 Å². The number of aromatic nitrogens is 3. The van der Waals surface area contributed by atoms with Crippen LogP contribution in [0.4, 0.5) is 5.82 Å². The normalized spacial score (nSPS) is 17.6. The fourth-order valence-electron chi connectivity index (χ4n) is 5.29. The van der Waals surface area contributed by atoms with Gasteiger partial charge in [-0.15, -0.1) is 0 Å². The van der Waals surface area contributed by atoms with Crippen molar-refractivity contribution >= 4 is 48.5 Å². The predicted octanol–water partition coefficient (Wildman–Crippen LogP) is 4.44. The molecule has 1 spiro atoms. The lowest BCUT2D eigenvalue weighted by Gasteiger charge is -2.57. The summed E-state index contributed by atoms with van der Waals surface area (Å²) in [4.78, 5) is 21.8. The van der Waals surface area contributed by atoms with Crippen molar-refractivity contribution in [3.63, 3.8) is 0 Å².